The van der Waals surface area contributed by atoms with Gasteiger partial charge in [0.1, 0.15) is 13.2 Å². The third kappa shape index (κ3) is 3.52. The standard InChI is InChI=1S/C14H12Cl2O4/c1-8(17)19-6-9-4-11(14(18)20-7-9)10-2-3-12(15)13(16)5-10/h2-5,9H,6-7H2,1H3. The highest BCUT2D eigenvalue weighted by Crippen LogP contribution is 2.29. The first-order chi connectivity index (χ1) is 9.47. The van der Waals surface area contributed by atoms with Crippen LogP contribution < -0.4 is 0 Å². The van der Waals surface area contributed by atoms with E-state index < -0.39 is 5.97 Å². The molecule has 1 aliphatic rings. The highest BCUT2D eigenvalue weighted by Gasteiger charge is 2.24. The van der Waals surface area contributed by atoms with E-state index in [9.17, 15) is 9.59 Å². The molecule has 0 N–H and O–H groups in total. The normalized spacial score (nSPS) is 18.2. The van der Waals surface area contributed by atoms with E-state index >= 15 is 0 Å². The Morgan fingerprint density at radius 1 is 1.40 bits per heavy atom. The quantitative estimate of drug-likeness (QED) is 0.804. The monoisotopic (exact) mass is 314 g/mol. The molecular formula is C14H12Cl2O4. The second kappa shape index (κ2) is 6.29. The molecule has 1 aliphatic heterocycles. The SMILES string of the molecule is CC(=O)OCC1C=C(c2ccc(Cl)c(Cl)c2)C(=O)OC1. The Hall–Kier alpha value is -1.52. The highest BCUT2D eigenvalue weighted by molar-refractivity contribution is 6.42. The summed E-state index contributed by atoms with van der Waals surface area (Å²) in [6, 6.07) is 4.91. The lowest BCUT2D eigenvalue weighted by Gasteiger charge is -2.20. The second-order valence-corrected chi connectivity index (χ2v) is 5.18. The number of cyclic esters (lactones) is 1. The van der Waals surface area contributed by atoms with Crippen molar-refractivity contribution in [3.8, 4) is 0 Å². The smallest absolute Gasteiger partial charge is 0.338 e. The summed E-state index contributed by atoms with van der Waals surface area (Å²) in [5, 5.41) is 0.775. The molecule has 1 unspecified atom stereocenters. The summed E-state index contributed by atoms with van der Waals surface area (Å²) in [7, 11) is 0. The topological polar surface area (TPSA) is 52.6 Å². The molecule has 0 radical (unpaired) electrons. The van der Waals surface area contributed by atoms with Crippen molar-refractivity contribution in [3.05, 3.63) is 39.9 Å². The zero-order chi connectivity index (χ0) is 14.7. The zero-order valence-electron chi connectivity index (χ0n) is 10.7. The van der Waals surface area contributed by atoms with E-state index in [1.807, 2.05) is 0 Å². The van der Waals surface area contributed by atoms with Gasteiger partial charge in [-0.2, -0.15) is 0 Å². The van der Waals surface area contributed by atoms with Crippen LogP contribution in [0.4, 0.5) is 0 Å². The molecular weight excluding hydrogens is 303 g/mol. The molecule has 1 atom stereocenters. The number of carbonyl (C=O) groups is 2. The van der Waals surface area contributed by atoms with E-state index in [1.54, 1.807) is 24.3 Å². The summed E-state index contributed by atoms with van der Waals surface area (Å²) in [5.74, 6) is -0.963. The van der Waals surface area contributed by atoms with Gasteiger partial charge in [0, 0.05) is 12.8 Å². The molecule has 20 heavy (non-hydrogen) atoms. The number of hydrogen-bond donors (Lipinski definition) is 0. The Bertz CT molecular complexity index is 581. The van der Waals surface area contributed by atoms with Crippen LogP contribution in [0, 0.1) is 5.92 Å². The van der Waals surface area contributed by atoms with Crippen LogP contribution >= 0.6 is 23.2 Å². The van der Waals surface area contributed by atoms with Crippen molar-refractivity contribution in [1.82, 2.24) is 0 Å². The molecule has 2 rings (SSSR count). The third-order valence-electron chi connectivity index (χ3n) is 2.78. The summed E-state index contributed by atoms with van der Waals surface area (Å²) in [5.41, 5.74) is 1.02. The molecule has 0 bridgehead atoms. The van der Waals surface area contributed by atoms with E-state index in [0.717, 1.165) is 0 Å². The summed E-state index contributed by atoms with van der Waals surface area (Å²) >= 11 is 11.8. The average Bonchev–Trinajstić information content (AvgIpc) is 2.41. The third-order valence-corrected chi connectivity index (χ3v) is 3.52. The second-order valence-electron chi connectivity index (χ2n) is 4.37. The number of hydrogen-bond acceptors (Lipinski definition) is 4. The Balaban J connectivity index is 2.24. The van der Waals surface area contributed by atoms with Crippen LogP contribution in [0.1, 0.15) is 12.5 Å². The van der Waals surface area contributed by atoms with Gasteiger partial charge < -0.3 is 9.47 Å². The van der Waals surface area contributed by atoms with Gasteiger partial charge in [-0.25, -0.2) is 4.79 Å². The number of ether oxygens (including phenoxy) is 2. The van der Waals surface area contributed by atoms with Crippen molar-refractivity contribution >= 4 is 40.7 Å². The first-order valence-electron chi connectivity index (χ1n) is 5.95. The molecule has 0 amide bonds. The average molecular weight is 315 g/mol. The van der Waals surface area contributed by atoms with Crippen molar-refractivity contribution in [2.75, 3.05) is 13.2 Å². The summed E-state index contributed by atoms with van der Waals surface area (Å²) in [4.78, 5) is 22.6. The largest absolute Gasteiger partial charge is 0.465 e. The molecule has 0 saturated heterocycles. The number of rotatable bonds is 3. The fourth-order valence-corrected chi connectivity index (χ4v) is 2.11. The van der Waals surface area contributed by atoms with Gasteiger partial charge in [0.05, 0.1) is 15.6 Å². The van der Waals surface area contributed by atoms with Gasteiger partial charge in [-0.15, -0.1) is 0 Å². The maximum atomic E-state index is 11.8. The van der Waals surface area contributed by atoms with Crippen LogP contribution in [0.25, 0.3) is 5.57 Å². The van der Waals surface area contributed by atoms with Crippen LogP contribution in [-0.2, 0) is 19.1 Å². The fraction of sp³-hybridized carbons (Fsp3) is 0.286. The minimum absolute atomic E-state index is 0.166. The molecule has 0 saturated carbocycles. The van der Waals surface area contributed by atoms with Crippen molar-refractivity contribution in [1.29, 1.82) is 0 Å². The molecule has 4 nitrogen and oxygen atoms in total. The van der Waals surface area contributed by atoms with E-state index in [1.165, 1.54) is 6.92 Å². The lowest BCUT2D eigenvalue weighted by atomic mass is 9.98. The summed E-state index contributed by atoms with van der Waals surface area (Å²) in [6.45, 7) is 1.70. The highest BCUT2D eigenvalue weighted by atomic mass is 35.5. The molecule has 0 spiro atoms. The Kier molecular flexibility index (Phi) is 4.68. The van der Waals surface area contributed by atoms with Gasteiger partial charge in [-0.3, -0.25) is 4.79 Å². The molecule has 0 aromatic heterocycles. The number of esters is 2. The van der Waals surface area contributed by atoms with Crippen LogP contribution in [0.15, 0.2) is 24.3 Å². The predicted molar refractivity (Wildman–Crippen MR) is 75.5 cm³/mol. The van der Waals surface area contributed by atoms with E-state index in [-0.39, 0.29) is 25.1 Å². The van der Waals surface area contributed by atoms with Crippen LogP contribution in [0.5, 0.6) is 0 Å². The predicted octanol–water partition coefficient (Wildman–Crippen LogP) is 3.11. The summed E-state index contributed by atoms with van der Waals surface area (Å²) in [6.07, 6.45) is 1.73. The Morgan fingerprint density at radius 2 is 2.15 bits per heavy atom. The van der Waals surface area contributed by atoms with Crippen LogP contribution in [-0.4, -0.2) is 25.2 Å². The number of benzene rings is 1. The molecule has 1 heterocycles. The number of halogens is 2. The van der Waals surface area contributed by atoms with Crippen LogP contribution in [0.2, 0.25) is 10.0 Å². The molecule has 6 heteroatoms. The van der Waals surface area contributed by atoms with Gasteiger partial charge in [-0.05, 0) is 17.7 Å². The lowest BCUT2D eigenvalue weighted by Crippen LogP contribution is -2.24. The van der Waals surface area contributed by atoms with E-state index in [4.69, 9.17) is 32.7 Å². The van der Waals surface area contributed by atoms with Gasteiger partial charge in [0.15, 0.2) is 0 Å². The van der Waals surface area contributed by atoms with Gasteiger partial charge in [0.25, 0.3) is 0 Å². The molecule has 1 aromatic rings. The van der Waals surface area contributed by atoms with Crippen molar-refractivity contribution in [2.24, 2.45) is 5.92 Å². The molecule has 1 aromatic carbocycles. The number of carbonyl (C=O) groups excluding carboxylic acids is 2. The maximum Gasteiger partial charge on any atom is 0.338 e. The van der Waals surface area contributed by atoms with E-state index in [0.29, 0.717) is 21.2 Å². The minimum atomic E-state index is -0.428. The summed E-state index contributed by atoms with van der Waals surface area (Å²) < 4.78 is 10.0. The van der Waals surface area contributed by atoms with Crippen molar-refractivity contribution < 1.29 is 19.1 Å². The first kappa shape index (κ1) is 14.9. The minimum Gasteiger partial charge on any atom is -0.465 e. The Morgan fingerprint density at radius 3 is 2.80 bits per heavy atom. The van der Waals surface area contributed by atoms with Crippen LogP contribution in [0.3, 0.4) is 0 Å². The molecule has 106 valence electrons. The Labute approximate surface area is 126 Å². The van der Waals surface area contributed by atoms with Crippen molar-refractivity contribution in [2.45, 2.75) is 6.92 Å². The van der Waals surface area contributed by atoms with E-state index in [2.05, 4.69) is 0 Å². The maximum absolute atomic E-state index is 11.8. The lowest BCUT2D eigenvalue weighted by molar-refractivity contribution is -0.144. The van der Waals surface area contributed by atoms with Crippen molar-refractivity contribution in [3.63, 3.8) is 0 Å². The molecule has 0 aliphatic carbocycles. The molecule has 0 fully saturated rings. The first-order valence-corrected chi connectivity index (χ1v) is 6.70. The van der Waals surface area contributed by atoms with Gasteiger partial charge in [-0.1, -0.05) is 35.3 Å². The van der Waals surface area contributed by atoms with Gasteiger partial charge >= 0.3 is 11.9 Å². The fourth-order valence-electron chi connectivity index (χ4n) is 1.81. The zero-order valence-corrected chi connectivity index (χ0v) is 12.2. The van der Waals surface area contributed by atoms with Gasteiger partial charge in [0.2, 0.25) is 0 Å².